The number of carbonyl (C=O) groups is 1. The van der Waals surface area contributed by atoms with Crippen molar-refractivity contribution >= 4 is 5.91 Å². The van der Waals surface area contributed by atoms with Gasteiger partial charge in [-0.25, -0.2) is 0 Å². The maximum atomic E-state index is 12.9. The SMILES string of the molecule is Cc1cccc(CN2CCC(C(=O)N(C)C)(n3cccn3)CC2)n1. The van der Waals surface area contributed by atoms with Crippen LogP contribution in [0, 0.1) is 6.92 Å². The minimum atomic E-state index is -0.566. The molecule has 1 amide bonds. The molecule has 0 aliphatic carbocycles. The molecule has 2 aromatic heterocycles. The molecule has 1 saturated heterocycles. The highest BCUT2D eigenvalue weighted by Gasteiger charge is 2.44. The minimum absolute atomic E-state index is 0.125. The lowest BCUT2D eigenvalue weighted by molar-refractivity contribution is -0.141. The molecule has 2 aromatic rings. The Morgan fingerprint density at radius 1 is 1.25 bits per heavy atom. The fourth-order valence-electron chi connectivity index (χ4n) is 3.48. The number of likely N-dealkylation sites (N-methyl/N-ethyl adjacent to an activating group) is 1. The summed E-state index contributed by atoms with van der Waals surface area (Å²) < 4.78 is 1.84. The van der Waals surface area contributed by atoms with E-state index in [1.807, 2.05) is 50.1 Å². The molecule has 128 valence electrons. The summed E-state index contributed by atoms with van der Waals surface area (Å²) in [4.78, 5) is 21.5. The molecular weight excluding hydrogens is 302 g/mol. The van der Waals surface area contributed by atoms with E-state index in [2.05, 4.69) is 21.0 Å². The number of likely N-dealkylation sites (tertiary alicyclic amines) is 1. The second kappa shape index (κ2) is 6.73. The van der Waals surface area contributed by atoms with E-state index in [1.54, 1.807) is 11.1 Å². The van der Waals surface area contributed by atoms with Gasteiger partial charge in [0.15, 0.2) is 0 Å². The van der Waals surface area contributed by atoms with E-state index in [1.165, 1.54) is 0 Å². The van der Waals surface area contributed by atoms with Crippen LogP contribution in [-0.4, -0.2) is 57.7 Å². The zero-order valence-corrected chi connectivity index (χ0v) is 14.6. The van der Waals surface area contributed by atoms with Crippen LogP contribution in [0.1, 0.15) is 24.2 Å². The van der Waals surface area contributed by atoms with Gasteiger partial charge in [0, 0.05) is 51.8 Å². The van der Waals surface area contributed by atoms with Crippen LogP contribution in [-0.2, 0) is 16.9 Å². The topological polar surface area (TPSA) is 54.3 Å². The van der Waals surface area contributed by atoms with Gasteiger partial charge in [0.1, 0.15) is 5.54 Å². The minimum Gasteiger partial charge on any atom is -0.347 e. The monoisotopic (exact) mass is 327 g/mol. The first kappa shape index (κ1) is 16.6. The van der Waals surface area contributed by atoms with Crippen molar-refractivity contribution in [2.24, 2.45) is 0 Å². The highest BCUT2D eigenvalue weighted by Crippen LogP contribution is 2.31. The number of carbonyl (C=O) groups excluding carboxylic acids is 1. The molecule has 0 saturated carbocycles. The zero-order valence-electron chi connectivity index (χ0n) is 14.6. The summed E-state index contributed by atoms with van der Waals surface area (Å²) in [5, 5.41) is 4.37. The van der Waals surface area contributed by atoms with Gasteiger partial charge < -0.3 is 4.90 Å². The van der Waals surface area contributed by atoms with Crippen LogP contribution in [0.5, 0.6) is 0 Å². The molecule has 6 heteroatoms. The molecule has 0 aromatic carbocycles. The fraction of sp³-hybridized carbons (Fsp3) is 0.500. The molecule has 0 atom stereocenters. The lowest BCUT2D eigenvalue weighted by atomic mass is 9.86. The van der Waals surface area contributed by atoms with Crippen LogP contribution >= 0.6 is 0 Å². The smallest absolute Gasteiger partial charge is 0.250 e. The molecule has 0 radical (unpaired) electrons. The Labute approximate surface area is 143 Å². The fourth-order valence-corrected chi connectivity index (χ4v) is 3.48. The van der Waals surface area contributed by atoms with Crippen molar-refractivity contribution in [2.45, 2.75) is 31.8 Å². The van der Waals surface area contributed by atoms with Crippen LogP contribution in [0.15, 0.2) is 36.7 Å². The van der Waals surface area contributed by atoms with Crippen molar-refractivity contribution in [3.8, 4) is 0 Å². The summed E-state index contributed by atoms with van der Waals surface area (Å²) in [5.41, 5.74) is 1.56. The Hall–Kier alpha value is -2.21. The van der Waals surface area contributed by atoms with E-state index in [9.17, 15) is 4.79 Å². The molecule has 1 fully saturated rings. The quantitative estimate of drug-likeness (QED) is 0.857. The van der Waals surface area contributed by atoms with Gasteiger partial charge in [0.25, 0.3) is 0 Å². The predicted molar refractivity (Wildman–Crippen MR) is 92.4 cm³/mol. The van der Waals surface area contributed by atoms with Crippen molar-refractivity contribution in [1.82, 2.24) is 24.6 Å². The number of pyridine rings is 1. The number of hydrogen-bond donors (Lipinski definition) is 0. The average Bonchev–Trinajstić information content (AvgIpc) is 3.10. The summed E-state index contributed by atoms with van der Waals surface area (Å²) in [6, 6.07) is 8.00. The highest BCUT2D eigenvalue weighted by molar-refractivity contribution is 5.84. The third-order valence-electron chi connectivity index (χ3n) is 4.76. The van der Waals surface area contributed by atoms with Crippen molar-refractivity contribution in [1.29, 1.82) is 0 Å². The van der Waals surface area contributed by atoms with Gasteiger partial charge in [-0.3, -0.25) is 19.4 Å². The lowest BCUT2D eigenvalue weighted by Crippen LogP contribution is -2.54. The van der Waals surface area contributed by atoms with Gasteiger partial charge in [-0.1, -0.05) is 6.07 Å². The lowest BCUT2D eigenvalue weighted by Gasteiger charge is -2.41. The van der Waals surface area contributed by atoms with E-state index in [4.69, 9.17) is 0 Å². The van der Waals surface area contributed by atoms with Crippen molar-refractivity contribution in [2.75, 3.05) is 27.2 Å². The van der Waals surface area contributed by atoms with Crippen molar-refractivity contribution in [3.63, 3.8) is 0 Å². The summed E-state index contributed by atoms with van der Waals surface area (Å²) in [7, 11) is 3.63. The van der Waals surface area contributed by atoms with E-state index >= 15 is 0 Å². The molecule has 6 nitrogen and oxygen atoms in total. The molecular formula is C18H25N5O. The Bertz CT molecular complexity index is 687. The van der Waals surface area contributed by atoms with Gasteiger partial charge >= 0.3 is 0 Å². The second-order valence-corrected chi connectivity index (χ2v) is 6.73. The Morgan fingerprint density at radius 3 is 2.58 bits per heavy atom. The number of piperidine rings is 1. The molecule has 0 N–H and O–H groups in total. The number of aromatic nitrogens is 3. The van der Waals surface area contributed by atoms with E-state index in [-0.39, 0.29) is 5.91 Å². The van der Waals surface area contributed by atoms with Crippen LogP contribution < -0.4 is 0 Å². The molecule has 24 heavy (non-hydrogen) atoms. The summed E-state index contributed by atoms with van der Waals surface area (Å²) in [5.74, 6) is 0.125. The third-order valence-corrected chi connectivity index (χ3v) is 4.76. The van der Waals surface area contributed by atoms with E-state index in [0.29, 0.717) is 0 Å². The normalized spacial score (nSPS) is 17.6. The van der Waals surface area contributed by atoms with E-state index in [0.717, 1.165) is 43.9 Å². The predicted octanol–water partition coefficient (Wildman–Crippen LogP) is 1.67. The Morgan fingerprint density at radius 2 is 2.00 bits per heavy atom. The van der Waals surface area contributed by atoms with Crippen LogP contribution in [0.2, 0.25) is 0 Å². The zero-order chi connectivity index (χ0) is 17.2. The average molecular weight is 327 g/mol. The molecule has 3 rings (SSSR count). The van der Waals surface area contributed by atoms with Gasteiger partial charge in [0.2, 0.25) is 5.91 Å². The number of amides is 1. The first-order chi connectivity index (χ1) is 11.5. The first-order valence-corrected chi connectivity index (χ1v) is 8.38. The van der Waals surface area contributed by atoms with Crippen molar-refractivity contribution in [3.05, 3.63) is 48.0 Å². The molecule has 1 aliphatic rings. The number of hydrogen-bond acceptors (Lipinski definition) is 4. The number of aryl methyl sites for hydroxylation is 1. The van der Waals surface area contributed by atoms with Gasteiger partial charge in [-0.2, -0.15) is 5.10 Å². The van der Waals surface area contributed by atoms with Crippen LogP contribution in [0.3, 0.4) is 0 Å². The highest BCUT2D eigenvalue weighted by atomic mass is 16.2. The maximum Gasteiger partial charge on any atom is 0.250 e. The van der Waals surface area contributed by atoms with Crippen molar-refractivity contribution < 1.29 is 4.79 Å². The Kier molecular flexibility index (Phi) is 4.66. The van der Waals surface area contributed by atoms with Gasteiger partial charge in [-0.15, -0.1) is 0 Å². The number of nitrogens with zero attached hydrogens (tertiary/aromatic N) is 5. The first-order valence-electron chi connectivity index (χ1n) is 8.38. The summed E-state index contributed by atoms with van der Waals surface area (Å²) >= 11 is 0. The second-order valence-electron chi connectivity index (χ2n) is 6.73. The van der Waals surface area contributed by atoms with Crippen LogP contribution in [0.4, 0.5) is 0 Å². The van der Waals surface area contributed by atoms with Gasteiger partial charge in [-0.05, 0) is 38.0 Å². The summed E-state index contributed by atoms with van der Waals surface area (Å²) in [6.45, 7) is 4.55. The van der Waals surface area contributed by atoms with E-state index < -0.39 is 5.54 Å². The Balaban J connectivity index is 1.74. The molecule has 0 unspecified atom stereocenters. The molecule has 0 spiro atoms. The maximum absolute atomic E-state index is 12.9. The third kappa shape index (κ3) is 3.19. The standard InChI is InChI=1S/C18H25N5O/c1-15-6-4-7-16(20-15)14-22-12-8-18(9-13-22,17(24)21(2)3)23-11-5-10-19-23/h4-7,10-11H,8-9,12-14H2,1-3H3. The number of rotatable bonds is 4. The summed E-state index contributed by atoms with van der Waals surface area (Å²) in [6.07, 6.45) is 5.17. The molecule has 0 bridgehead atoms. The largest absolute Gasteiger partial charge is 0.347 e. The van der Waals surface area contributed by atoms with Gasteiger partial charge in [0.05, 0.1) is 5.69 Å². The molecule has 1 aliphatic heterocycles. The molecule has 3 heterocycles. The van der Waals surface area contributed by atoms with Crippen LogP contribution in [0.25, 0.3) is 0 Å².